The zero-order chi connectivity index (χ0) is 10.6. The van der Waals surface area contributed by atoms with Crippen molar-refractivity contribution in [3.8, 4) is 12.3 Å². The monoisotopic (exact) mass is 190 g/mol. The molecular weight excluding hydrogens is 176 g/mol. The molecule has 0 bridgehead atoms. The van der Waals surface area contributed by atoms with Gasteiger partial charge in [0.05, 0.1) is 6.54 Å². The summed E-state index contributed by atoms with van der Waals surface area (Å²) >= 11 is 0. The third kappa shape index (κ3) is 2.48. The van der Waals surface area contributed by atoms with Crippen molar-refractivity contribution in [2.45, 2.75) is 20.4 Å². The largest absolute Gasteiger partial charge is 0.326 e. The number of H-pyrrole nitrogens is 1. The van der Waals surface area contributed by atoms with Crippen LogP contribution in [0.2, 0.25) is 0 Å². The van der Waals surface area contributed by atoms with Crippen molar-refractivity contribution >= 4 is 0 Å². The Balaban J connectivity index is 2.87. The summed E-state index contributed by atoms with van der Waals surface area (Å²) < 4.78 is 0. The van der Waals surface area contributed by atoms with Gasteiger partial charge in [-0.2, -0.15) is 0 Å². The number of pyridine rings is 1. The van der Waals surface area contributed by atoms with Crippen molar-refractivity contribution in [3.05, 3.63) is 33.2 Å². The predicted molar refractivity (Wildman–Crippen MR) is 57.1 cm³/mol. The molecule has 1 rings (SSSR count). The molecule has 0 atom stereocenters. The lowest BCUT2D eigenvalue weighted by Gasteiger charge is -2.05. The minimum Gasteiger partial charge on any atom is -0.326 e. The summed E-state index contributed by atoms with van der Waals surface area (Å²) in [6.45, 7) is 4.79. The topological polar surface area (TPSA) is 44.9 Å². The minimum atomic E-state index is -0.0352. The Hall–Kier alpha value is -1.53. The smallest absolute Gasteiger partial charge is 0.252 e. The van der Waals surface area contributed by atoms with Gasteiger partial charge >= 0.3 is 0 Å². The van der Waals surface area contributed by atoms with E-state index in [1.807, 2.05) is 19.9 Å². The maximum absolute atomic E-state index is 11.5. The molecule has 3 heteroatoms. The van der Waals surface area contributed by atoms with E-state index in [0.29, 0.717) is 13.1 Å². The van der Waals surface area contributed by atoms with Gasteiger partial charge in [-0.15, -0.1) is 6.42 Å². The van der Waals surface area contributed by atoms with Crippen molar-refractivity contribution in [1.82, 2.24) is 10.3 Å². The second-order valence-electron chi connectivity index (χ2n) is 3.25. The highest BCUT2D eigenvalue weighted by atomic mass is 16.1. The molecule has 0 unspecified atom stereocenters. The Morgan fingerprint density at radius 2 is 2.29 bits per heavy atom. The fraction of sp³-hybridized carbons (Fsp3) is 0.364. The van der Waals surface area contributed by atoms with Crippen LogP contribution in [0.1, 0.15) is 16.8 Å². The second kappa shape index (κ2) is 4.64. The van der Waals surface area contributed by atoms with Gasteiger partial charge in [0.1, 0.15) is 0 Å². The Morgan fingerprint density at radius 1 is 1.57 bits per heavy atom. The zero-order valence-electron chi connectivity index (χ0n) is 8.48. The average Bonchev–Trinajstić information content (AvgIpc) is 2.09. The normalized spacial score (nSPS) is 9.79. The van der Waals surface area contributed by atoms with Gasteiger partial charge in [0.15, 0.2) is 0 Å². The third-order valence-electron chi connectivity index (χ3n) is 2.02. The van der Waals surface area contributed by atoms with E-state index >= 15 is 0 Å². The van der Waals surface area contributed by atoms with E-state index in [1.165, 1.54) is 0 Å². The SMILES string of the molecule is C#CCNCc1c(C)cc(C)[nH]c1=O. The third-order valence-corrected chi connectivity index (χ3v) is 2.02. The Morgan fingerprint density at radius 3 is 2.86 bits per heavy atom. The van der Waals surface area contributed by atoms with Gasteiger partial charge in [-0.25, -0.2) is 0 Å². The molecule has 1 aromatic rings. The lowest BCUT2D eigenvalue weighted by atomic mass is 10.1. The van der Waals surface area contributed by atoms with Gasteiger partial charge < -0.3 is 10.3 Å². The van der Waals surface area contributed by atoms with Crippen LogP contribution in [0.4, 0.5) is 0 Å². The molecule has 14 heavy (non-hydrogen) atoms. The molecule has 0 aliphatic carbocycles. The molecule has 0 saturated heterocycles. The number of aryl methyl sites for hydroxylation is 2. The highest BCUT2D eigenvalue weighted by molar-refractivity contribution is 5.24. The number of rotatable bonds is 3. The number of hydrogen-bond donors (Lipinski definition) is 2. The Bertz CT molecular complexity index is 412. The molecule has 0 radical (unpaired) electrons. The van der Waals surface area contributed by atoms with Gasteiger partial charge in [0, 0.05) is 17.8 Å². The van der Waals surface area contributed by atoms with Gasteiger partial charge in [-0.05, 0) is 25.5 Å². The average molecular weight is 190 g/mol. The van der Waals surface area contributed by atoms with Gasteiger partial charge in [-0.1, -0.05) is 5.92 Å². The molecular formula is C11H14N2O. The summed E-state index contributed by atoms with van der Waals surface area (Å²) in [5, 5.41) is 3.00. The number of terminal acetylenes is 1. The van der Waals surface area contributed by atoms with Crippen LogP contribution in [-0.2, 0) is 6.54 Å². The van der Waals surface area contributed by atoms with Gasteiger partial charge in [0.2, 0.25) is 0 Å². The zero-order valence-corrected chi connectivity index (χ0v) is 8.48. The maximum Gasteiger partial charge on any atom is 0.252 e. The van der Waals surface area contributed by atoms with Crippen molar-refractivity contribution in [2.75, 3.05) is 6.54 Å². The van der Waals surface area contributed by atoms with Crippen molar-refractivity contribution in [2.24, 2.45) is 0 Å². The first kappa shape index (κ1) is 10.6. The van der Waals surface area contributed by atoms with Crippen LogP contribution in [-0.4, -0.2) is 11.5 Å². The summed E-state index contributed by atoms with van der Waals surface area (Å²) in [4.78, 5) is 14.3. The van der Waals surface area contributed by atoms with Crippen molar-refractivity contribution in [3.63, 3.8) is 0 Å². The molecule has 0 aliphatic rings. The van der Waals surface area contributed by atoms with Crippen LogP contribution in [0.3, 0.4) is 0 Å². The molecule has 1 aromatic heterocycles. The van der Waals surface area contributed by atoms with Crippen molar-refractivity contribution in [1.29, 1.82) is 0 Å². The summed E-state index contributed by atoms with van der Waals surface area (Å²) in [6, 6.07) is 1.95. The van der Waals surface area contributed by atoms with Gasteiger partial charge in [0.25, 0.3) is 5.56 Å². The van der Waals surface area contributed by atoms with E-state index in [-0.39, 0.29) is 5.56 Å². The second-order valence-corrected chi connectivity index (χ2v) is 3.25. The number of nitrogens with one attached hydrogen (secondary N) is 2. The molecule has 74 valence electrons. The van der Waals surface area contributed by atoms with Crippen LogP contribution in [0.15, 0.2) is 10.9 Å². The van der Waals surface area contributed by atoms with Crippen molar-refractivity contribution < 1.29 is 0 Å². The van der Waals surface area contributed by atoms with E-state index in [4.69, 9.17) is 6.42 Å². The van der Waals surface area contributed by atoms with Gasteiger partial charge in [-0.3, -0.25) is 4.79 Å². The van der Waals surface area contributed by atoms with E-state index in [0.717, 1.165) is 16.8 Å². The summed E-state index contributed by atoms with van der Waals surface area (Å²) in [7, 11) is 0. The Kier molecular flexibility index (Phi) is 3.49. The molecule has 0 amide bonds. The molecule has 0 fully saturated rings. The molecule has 0 aliphatic heterocycles. The molecule has 0 spiro atoms. The van der Waals surface area contributed by atoms with Crippen LogP contribution in [0.5, 0.6) is 0 Å². The van der Waals surface area contributed by atoms with Crippen LogP contribution >= 0.6 is 0 Å². The van der Waals surface area contributed by atoms with E-state index in [9.17, 15) is 4.79 Å². The van der Waals surface area contributed by atoms with E-state index in [2.05, 4.69) is 16.2 Å². The highest BCUT2D eigenvalue weighted by Crippen LogP contribution is 2.02. The lowest BCUT2D eigenvalue weighted by molar-refractivity contribution is 0.754. The molecule has 0 aromatic carbocycles. The number of aromatic amines is 1. The fourth-order valence-corrected chi connectivity index (χ4v) is 1.36. The first-order valence-electron chi connectivity index (χ1n) is 4.48. The first-order valence-corrected chi connectivity index (χ1v) is 4.48. The molecule has 2 N–H and O–H groups in total. The number of hydrogen-bond acceptors (Lipinski definition) is 2. The first-order chi connectivity index (χ1) is 6.65. The van der Waals surface area contributed by atoms with E-state index in [1.54, 1.807) is 0 Å². The molecule has 3 nitrogen and oxygen atoms in total. The standard InChI is InChI=1S/C11H14N2O/c1-4-5-12-7-10-8(2)6-9(3)13-11(10)14/h1,6,12H,5,7H2,2-3H3,(H,13,14). The highest BCUT2D eigenvalue weighted by Gasteiger charge is 2.03. The number of aromatic nitrogens is 1. The van der Waals surface area contributed by atoms with Crippen LogP contribution in [0, 0.1) is 26.2 Å². The van der Waals surface area contributed by atoms with E-state index < -0.39 is 0 Å². The molecule has 1 heterocycles. The lowest BCUT2D eigenvalue weighted by Crippen LogP contribution is -2.23. The summed E-state index contributed by atoms with van der Waals surface area (Å²) in [5.74, 6) is 2.46. The predicted octanol–water partition coefficient (Wildman–Crippen LogP) is 0.715. The van der Waals surface area contributed by atoms with Crippen LogP contribution < -0.4 is 10.9 Å². The maximum atomic E-state index is 11.5. The summed E-state index contributed by atoms with van der Waals surface area (Å²) in [6.07, 6.45) is 5.09. The van der Waals surface area contributed by atoms with Crippen LogP contribution in [0.25, 0.3) is 0 Å². The molecule has 0 saturated carbocycles. The quantitative estimate of drug-likeness (QED) is 0.544. The fourth-order valence-electron chi connectivity index (χ4n) is 1.36. The minimum absolute atomic E-state index is 0.0352. The Labute approximate surface area is 83.6 Å². The summed E-state index contributed by atoms with van der Waals surface area (Å²) in [5.41, 5.74) is 2.60.